The fourth-order valence-corrected chi connectivity index (χ4v) is 2.51. The highest BCUT2D eigenvalue weighted by Crippen LogP contribution is 2.36. The van der Waals surface area contributed by atoms with E-state index in [0.717, 1.165) is 11.4 Å². The zero-order valence-electron chi connectivity index (χ0n) is 8.03. The van der Waals surface area contributed by atoms with E-state index in [1.165, 1.54) is 16.8 Å². The van der Waals surface area contributed by atoms with Crippen LogP contribution in [0.3, 0.4) is 0 Å². The van der Waals surface area contributed by atoms with Crippen LogP contribution in [-0.4, -0.2) is 10.4 Å². The average molecular weight is 204 g/mol. The molecule has 1 N–H and O–H groups in total. The predicted molar refractivity (Wildman–Crippen MR) is 60.8 cm³/mol. The number of fused-ring (bicyclic) bond motifs is 1. The van der Waals surface area contributed by atoms with Crippen molar-refractivity contribution in [3.8, 4) is 0 Å². The highest BCUT2D eigenvalue weighted by molar-refractivity contribution is 7.11. The van der Waals surface area contributed by atoms with Crippen LogP contribution in [0.15, 0.2) is 24.3 Å². The monoisotopic (exact) mass is 204 g/mol. The number of hydrogen-bond acceptors (Lipinski definition) is 3. The van der Waals surface area contributed by atoms with Gasteiger partial charge in [0.25, 0.3) is 0 Å². The van der Waals surface area contributed by atoms with Gasteiger partial charge in [-0.15, -0.1) is 0 Å². The number of nitrogens with zero attached hydrogens (tertiary/aromatic N) is 1. The Morgan fingerprint density at radius 2 is 2.21 bits per heavy atom. The molecule has 0 amide bonds. The first-order valence-corrected chi connectivity index (χ1v) is 5.73. The Morgan fingerprint density at radius 1 is 1.43 bits per heavy atom. The molecule has 1 aliphatic rings. The second-order valence-electron chi connectivity index (χ2n) is 3.99. The molecular weight excluding hydrogens is 192 g/mol. The van der Waals surface area contributed by atoms with Crippen molar-refractivity contribution in [3.05, 3.63) is 24.3 Å². The standard InChI is InChI=1S/C11H12N2S/c1-7-6-10(7)12-11-8-4-2-3-5-9(8)13-14-11/h2-5,7,10,12H,6H2,1H3. The van der Waals surface area contributed by atoms with E-state index in [1.54, 1.807) is 11.5 Å². The molecule has 1 saturated carbocycles. The fourth-order valence-electron chi connectivity index (χ4n) is 1.68. The molecule has 0 saturated heterocycles. The van der Waals surface area contributed by atoms with Crippen LogP contribution < -0.4 is 5.32 Å². The van der Waals surface area contributed by atoms with E-state index in [0.29, 0.717) is 6.04 Å². The molecule has 14 heavy (non-hydrogen) atoms. The van der Waals surface area contributed by atoms with Crippen molar-refractivity contribution in [2.75, 3.05) is 5.32 Å². The average Bonchev–Trinajstić information content (AvgIpc) is 2.75. The number of anilines is 1. The van der Waals surface area contributed by atoms with E-state index in [4.69, 9.17) is 0 Å². The van der Waals surface area contributed by atoms with Gasteiger partial charge in [0, 0.05) is 11.4 Å². The van der Waals surface area contributed by atoms with Gasteiger partial charge in [0.15, 0.2) is 0 Å². The van der Waals surface area contributed by atoms with E-state index in [9.17, 15) is 0 Å². The van der Waals surface area contributed by atoms with Crippen LogP contribution in [-0.2, 0) is 0 Å². The number of hydrogen-bond donors (Lipinski definition) is 1. The molecule has 3 heteroatoms. The third kappa shape index (κ3) is 1.28. The van der Waals surface area contributed by atoms with Crippen molar-refractivity contribution in [2.24, 2.45) is 5.92 Å². The summed E-state index contributed by atoms with van der Waals surface area (Å²) in [4.78, 5) is 0. The van der Waals surface area contributed by atoms with Crippen molar-refractivity contribution in [1.29, 1.82) is 0 Å². The molecule has 2 nitrogen and oxygen atoms in total. The molecule has 1 heterocycles. The highest BCUT2D eigenvalue weighted by atomic mass is 32.1. The lowest BCUT2D eigenvalue weighted by molar-refractivity contribution is 0.932. The smallest absolute Gasteiger partial charge is 0.117 e. The molecule has 3 rings (SSSR count). The Labute approximate surface area is 87.1 Å². The molecule has 2 atom stereocenters. The summed E-state index contributed by atoms with van der Waals surface area (Å²) in [6.45, 7) is 2.28. The number of nitrogens with one attached hydrogen (secondary N) is 1. The predicted octanol–water partition coefficient (Wildman–Crippen LogP) is 3.12. The Kier molecular flexibility index (Phi) is 1.74. The molecule has 0 spiro atoms. The molecule has 2 aromatic rings. The van der Waals surface area contributed by atoms with E-state index >= 15 is 0 Å². The number of benzene rings is 1. The lowest BCUT2D eigenvalue weighted by atomic mass is 10.2. The van der Waals surface area contributed by atoms with Gasteiger partial charge in [-0.3, -0.25) is 0 Å². The summed E-state index contributed by atoms with van der Waals surface area (Å²) in [7, 11) is 0. The van der Waals surface area contributed by atoms with Gasteiger partial charge in [-0.2, -0.15) is 4.37 Å². The third-order valence-electron chi connectivity index (χ3n) is 2.81. The maximum absolute atomic E-state index is 4.40. The van der Waals surface area contributed by atoms with Gasteiger partial charge in [0.05, 0.1) is 5.52 Å². The topological polar surface area (TPSA) is 24.9 Å². The van der Waals surface area contributed by atoms with Crippen LogP contribution in [0.4, 0.5) is 5.00 Å². The molecule has 0 radical (unpaired) electrons. The van der Waals surface area contributed by atoms with Crippen molar-refractivity contribution in [2.45, 2.75) is 19.4 Å². The number of aromatic nitrogens is 1. The fraction of sp³-hybridized carbons (Fsp3) is 0.364. The van der Waals surface area contributed by atoms with Gasteiger partial charge in [0.1, 0.15) is 5.00 Å². The first-order valence-electron chi connectivity index (χ1n) is 4.95. The summed E-state index contributed by atoms with van der Waals surface area (Å²) < 4.78 is 4.40. The lowest BCUT2D eigenvalue weighted by Crippen LogP contribution is -2.01. The largest absolute Gasteiger partial charge is 0.372 e. The van der Waals surface area contributed by atoms with Crippen molar-refractivity contribution in [1.82, 2.24) is 4.37 Å². The first-order chi connectivity index (χ1) is 6.84. The minimum absolute atomic E-state index is 0.679. The van der Waals surface area contributed by atoms with Gasteiger partial charge in [0.2, 0.25) is 0 Å². The number of rotatable bonds is 2. The van der Waals surface area contributed by atoms with Gasteiger partial charge in [-0.25, -0.2) is 0 Å². The molecule has 0 bridgehead atoms. The second kappa shape index (κ2) is 2.95. The third-order valence-corrected chi connectivity index (χ3v) is 3.62. The van der Waals surface area contributed by atoms with E-state index < -0.39 is 0 Å². The van der Waals surface area contributed by atoms with E-state index in [1.807, 2.05) is 6.07 Å². The van der Waals surface area contributed by atoms with Gasteiger partial charge < -0.3 is 5.32 Å². The minimum atomic E-state index is 0.679. The van der Waals surface area contributed by atoms with Crippen LogP contribution in [0.2, 0.25) is 0 Å². The maximum Gasteiger partial charge on any atom is 0.117 e. The Balaban J connectivity index is 1.96. The normalized spacial score (nSPS) is 25.2. The Hall–Kier alpha value is -1.09. The summed E-state index contributed by atoms with van der Waals surface area (Å²) >= 11 is 1.57. The Morgan fingerprint density at radius 3 is 3.00 bits per heavy atom. The van der Waals surface area contributed by atoms with Gasteiger partial charge in [-0.05, 0) is 36.0 Å². The molecule has 72 valence electrons. The highest BCUT2D eigenvalue weighted by Gasteiger charge is 2.33. The molecule has 1 aromatic carbocycles. The summed E-state index contributed by atoms with van der Waals surface area (Å²) in [5.41, 5.74) is 1.10. The zero-order chi connectivity index (χ0) is 9.54. The second-order valence-corrected chi connectivity index (χ2v) is 4.77. The minimum Gasteiger partial charge on any atom is -0.372 e. The molecule has 1 aromatic heterocycles. The summed E-state index contributed by atoms with van der Waals surface area (Å²) in [6, 6.07) is 8.98. The van der Waals surface area contributed by atoms with Crippen LogP contribution >= 0.6 is 11.5 Å². The van der Waals surface area contributed by atoms with Crippen molar-refractivity contribution in [3.63, 3.8) is 0 Å². The van der Waals surface area contributed by atoms with Gasteiger partial charge in [-0.1, -0.05) is 19.1 Å². The zero-order valence-corrected chi connectivity index (χ0v) is 8.84. The molecule has 2 unspecified atom stereocenters. The molecule has 1 aliphatic carbocycles. The lowest BCUT2D eigenvalue weighted by Gasteiger charge is -2.00. The maximum atomic E-state index is 4.40. The van der Waals surface area contributed by atoms with Crippen LogP contribution in [0, 0.1) is 5.92 Å². The van der Waals surface area contributed by atoms with Gasteiger partial charge >= 0.3 is 0 Å². The summed E-state index contributed by atoms with van der Waals surface area (Å²) in [5, 5.41) is 6.04. The molecular formula is C11H12N2S. The van der Waals surface area contributed by atoms with Crippen molar-refractivity contribution < 1.29 is 0 Å². The van der Waals surface area contributed by atoms with Crippen molar-refractivity contribution >= 4 is 27.4 Å². The summed E-state index contributed by atoms with van der Waals surface area (Å²) in [5.74, 6) is 0.830. The summed E-state index contributed by atoms with van der Waals surface area (Å²) in [6.07, 6.45) is 1.30. The van der Waals surface area contributed by atoms with Crippen LogP contribution in [0.1, 0.15) is 13.3 Å². The van der Waals surface area contributed by atoms with Crippen LogP contribution in [0.25, 0.3) is 10.9 Å². The first kappa shape index (κ1) is 8.24. The Bertz CT molecular complexity index is 463. The van der Waals surface area contributed by atoms with Crippen LogP contribution in [0.5, 0.6) is 0 Å². The quantitative estimate of drug-likeness (QED) is 0.813. The SMILES string of the molecule is CC1CC1Nc1snc2ccccc12. The molecule has 1 fully saturated rings. The van der Waals surface area contributed by atoms with E-state index in [-0.39, 0.29) is 0 Å². The van der Waals surface area contributed by atoms with E-state index in [2.05, 4.69) is 34.8 Å². The molecule has 0 aliphatic heterocycles.